The van der Waals surface area contributed by atoms with Crippen LogP contribution < -0.4 is 15.4 Å². The van der Waals surface area contributed by atoms with Crippen LogP contribution in [0.3, 0.4) is 0 Å². The van der Waals surface area contributed by atoms with Gasteiger partial charge in [-0.2, -0.15) is 14.8 Å². The van der Waals surface area contributed by atoms with E-state index >= 15 is 0 Å². The summed E-state index contributed by atoms with van der Waals surface area (Å²) in [7, 11) is 1.58. The first-order valence-electron chi connectivity index (χ1n) is 9.52. The third-order valence-electron chi connectivity index (χ3n) is 4.94. The number of fused-ring (bicyclic) bond motifs is 1. The van der Waals surface area contributed by atoms with E-state index in [2.05, 4.69) is 25.7 Å². The van der Waals surface area contributed by atoms with Gasteiger partial charge in [0.1, 0.15) is 11.6 Å². The van der Waals surface area contributed by atoms with Crippen molar-refractivity contribution in [1.82, 2.24) is 9.78 Å². The molecule has 150 valence electrons. The monoisotopic (exact) mass is 394 g/mol. The Bertz CT molecular complexity index is 1010. The number of aromatic nitrogens is 2. The lowest BCUT2D eigenvalue weighted by molar-refractivity contribution is -0.120. The van der Waals surface area contributed by atoms with Gasteiger partial charge in [-0.25, -0.2) is 9.79 Å². The van der Waals surface area contributed by atoms with Crippen molar-refractivity contribution < 1.29 is 14.3 Å². The fourth-order valence-electron chi connectivity index (χ4n) is 3.51. The molecule has 0 spiro atoms. The normalized spacial score (nSPS) is 18.4. The van der Waals surface area contributed by atoms with Gasteiger partial charge < -0.3 is 10.1 Å². The number of anilines is 2. The number of benzene rings is 1. The number of aryl methyl sites for hydroxylation is 1. The van der Waals surface area contributed by atoms with Gasteiger partial charge in [-0.3, -0.25) is 10.1 Å². The summed E-state index contributed by atoms with van der Waals surface area (Å²) in [5, 5.41) is 9.85. The first-order valence-corrected chi connectivity index (χ1v) is 9.52. The molecule has 3 amide bonds. The number of amides is 3. The average molecular weight is 394 g/mol. The van der Waals surface area contributed by atoms with E-state index < -0.39 is 6.03 Å². The van der Waals surface area contributed by atoms with E-state index in [-0.39, 0.29) is 17.8 Å². The summed E-state index contributed by atoms with van der Waals surface area (Å²) in [6.07, 6.45) is 3.61. The van der Waals surface area contributed by atoms with Gasteiger partial charge in [0.15, 0.2) is 0 Å². The Hall–Kier alpha value is -3.49. The van der Waals surface area contributed by atoms with Crippen molar-refractivity contribution in [2.24, 2.45) is 15.9 Å². The molecule has 2 heterocycles. The fourth-order valence-corrected chi connectivity index (χ4v) is 3.51. The molecule has 1 saturated carbocycles. The average Bonchev–Trinajstić information content (AvgIpc) is 3.08. The van der Waals surface area contributed by atoms with E-state index in [1.807, 2.05) is 0 Å². The number of hydrogen-bond acceptors (Lipinski definition) is 5. The molecular formula is C20H22N6O3. The minimum atomic E-state index is -0.442. The molecular weight excluding hydrogens is 372 g/mol. The number of carbonyl (C=O) groups excluding carboxylic acids is 2. The zero-order chi connectivity index (χ0) is 20.4. The molecule has 9 nitrogen and oxygen atoms in total. The van der Waals surface area contributed by atoms with Crippen LogP contribution in [0.5, 0.6) is 5.75 Å². The number of methoxy groups -OCH3 is 1. The maximum absolute atomic E-state index is 12.4. The minimum absolute atomic E-state index is 0.188. The molecule has 1 fully saturated rings. The highest BCUT2D eigenvalue weighted by molar-refractivity contribution is 6.16. The van der Waals surface area contributed by atoms with Gasteiger partial charge in [-0.1, -0.05) is 6.42 Å². The SMILES string of the molecule is COc1ccc(NC(=O)Nc2cc(C)nn2C2=NC(=O)C3CCCCC3=N2)cc1. The Morgan fingerprint density at radius 1 is 1.17 bits per heavy atom. The number of rotatable bonds is 3. The molecule has 1 aliphatic heterocycles. The molecule has 1 aromatic heterocycles. The van der Waals surface area contributed by atoms with Crippen molar-refractivity contribution in [2.75, 3.05) is 17.7 Å². The molecule has 1 atom stereocenters. The van der Waals surface area contributed by atoms with Crippen LogP contribution in [0.4, 0.5) is 16.3 Å². The van der Waals surface area contributed by atoms with Crippen LogP contribution >= 0.6 is 0 Å². The van der Waals surface area contributed by atoms with Gasteiger partial charge >= 0.3 is 6.03 Å². The molecule has 1 aliphatic carbocycles. The van der Waals surface area contributed by atoms with E-state index in [0.29, 0.717) is 22.9 Å². The van der Waals surface area contributed by atoms with Crippen LogP contribution in [0.25, 0.3) is 0 Å². The van der Waals surface area contributed by atoms with Crippen LogP contribution in [0.2, 0.25) is 0 Å². The number of aliphatic imine (C=N–C) groups is 2. The molecule has 9 heteroatoms. The second kappa shape index (κ2) is 7.86. The van der Waals surface area contributed by atoms with E-state index in [0.717, 1.165) is 31.4 Å². The van der Waals surface area contributed by atoms with Gasteiger partial charge in [0, 0.05) is 17.5 Å². The maximum Gasteiger partial charge on any atom is 0.324 e. The zero-order valence-corrected chi connectivity index (χ0v) is 16.3. The second-order valence-corrected chi connectivity index (χ2v) is 7.04. The first-order chi connectivity index (χ1) is 14.0. The molecule has 2 aromatic rings. The molecule has 0 saturated heterocycles. The lowest BCUT2D eigenvalue weighted by atomic mass is 9.86. The number of nitrogens with zero attached hydrogens (tertiary/aromatic N) is 4. The van der Waals surface area contributed by atoms with Gasteiger partial charge in [0.2, 0.25) is 0 Å². The number of hydrogen-bond donors (Lipinski definition) is 2. The number of ether oxygens (including phenoxy) is 1. The summed E-state index contributed by atoms with van der Waals surface area (Å²) in [5.41, 5.74) is 2.14. The number of urea groups is 1. The van der Waals surface area contributed by atoms with E-state index in [1.165, 1.54) is 4.68 Å². The lowest BCUT2D eigenvalue weighted by Gasteiger charge is -2.24. The van der Waals surface area contributed by atoms with E-state index in [4.69, 9.17) is 4.74 Å². The molecule has 2 N–H and O–H groups in total. The highest BCUT2D eigenvalue weighted by Gasteiger charge is 2.32. The van der Waals surface area contributed by atoms with Crippen molar-refractivity contribution in [3.05, 3.63) is 36.0 Å². The number of nitrogens with one attached hydrogen (secondary N) is 2. The van der Waals surface area contributed by atoms with E-state index in [9.17, 15) is 9.59 Å². The lowest BCUT2D eigenvalue weighted by Crippen LogP contribution is -2.34. The first kappa shape index (κ1) is 18.9. The smallest absolute Gasteiger partial charge is 0.324 e. The molecule has 2 aliphatic rings. The summed E-state index contributed by atoms with van der Waals surface area (Å²) in [6.45, 7) is 1.80. The van der Waals surface area contributed by atoms with E-state index in [1.54, 1.807) is 44.4 Å². The third-order valence-corrected chi connectivity index (χ3v) is 4.94. The van der Waals surface area contributed by atoms with Crippen molar-refractivity contribution in [3.8, 4) is 5.75 Å². The highest BCUT2D eigenvalue weighted by Crippen LogP contribution is 2.26. The molecule has 1 aromatic carbocycles. The van der Waals surface area contributed by atoms with Crippen molar-refractivity contribution in [1.29, 1.82) is 0 Å². The van der Waals surface area contributed by atoms with Crippen LogP contribution in [-0.4, -0.2) is 40.5 Å². The van der Waals surface area contributed by atoms with Crippen molar-refractivity contribution in [2.45, 2.75) is 32.6 Å². The number of carbonyl (C=O) groups is 2. The summed E-state index contributed by atoms with van der Waals surface area (Å²) < 4.78 is 6.51. The second-order valence-electron chi connectivity index (χ2n) is 7.04. The standard InChI is InChI=1S/C20H22N6O3/c1-12-11-17(23-20(28)21-13-7-9-14(29-2)10-8-13)26(25-12)19-22-16-6-4-3-5-15(16)18(27)24-19/h7-11,15H,3-6H2,1-2H3,(H2,21,23,28). The Morgan fingerprint density at radius 2 is 1.97 bits per heavy atom. The predicted molar refractivity (Wildman–Crippen MR) is 110 cm³/mol. The molecule has 29 heavy (non-hydrogen) atoms. The summed E-state index contributed by atoms with van der Waals surface area (Å²) in [6, 6.07) is 8.24. The summed E-state index contributed by atoms with van der Waals surface area (Å²) in [5.74, 6) is 0.880. The van der Waals surface area contributed by atoms with Crippen LogP contribution in [0.15, 0.2) is 40.3 Å². The highest BCUT2D eigenvalue weighted by atomic mass is 16.5. The van der Waals surface area contributed by atoms with Crippen LogP contribution in [0.1, 0.15) is 31.4 Å². The van der Waals surface area contributed by atoms with Crippen molar-refractivity contribution >= 4 is 35.1 Å². The maximum atomic E-state index is 12.4. The van der Waals surface area contributed by atoms with Crippen LogP contribution in [-0.2, 0) is 4.79 Å². The summed E-state index contributed by atoms with van der Waals surface area (Å²) >= 11 is 0. The Morgan fingerprint density at radius 3 is 2.72 bits per heavy atom. The fraction of sp³-hybridized carbons (Fsp3) is 0.350. The predicted octanol–water partition coefficient (Wildman–Crippen LogP) is 3.22. The minimum Gasteiger partial charge on any atom is -0.497 e. The summed E-state index contributed by atoms with van der Waals surface area (Å²) in [4.78, 5) is 33.6. The van der Waals surface area contributed by atoms with Crippen LogP contribution in [0, 0.1) is 12.8 Å². The topological polar surface area (TPSA) is 110 Å². The molecule has 0 bridgehead atoms. The Labute approximate surface area is 167 Å². The molecule has 0 radical (unpaired) electrons. The van der Waals surface area contributed by atoms with Gasteiger partial charge in [0.25, 0.3) is 11.9 Å². The third kappa shape index (κ3) is 4.03. The Kier molecular flexibility index (Phi) is 5.11. The Balaban J connectivity index is 1.53. The molecule has 4 rings (SSSR count). The quantitative estimate of drug-likeness (QED) is 0.833. The van der Waals surface area contributed by atoms with Crippen molar-refractivity contribution in [3.63, 3.8) is 0 Å². The van der Waals surface area contributed by atoms with Gasteiger partial charge in [-0.05, 0) is 50.5 Å². The zero-order valence-electron chi connectivity index (χ0n) is 16.3. The van der Waals surface area contributed by atoms with Gasteiger partial charge in [0.05, 0.1) is 18.7 Å². The van der Waals surface area contributed by atoms with Gasteiger partial charge in [-0.15, -0.1) is 0 Å². The largest absolute Gasteiger partial charge is 0.497 e. The molecule has 1 unspecified atom stereocenters.